The van der Waals surface area contributed by atoms with E-state index in [-0.39, 0.29) is 17.2 Å². The first-order valence-corrected chi connectivity index (χ1v) is 4.46. The Bertz CT molecular complexity index is 589. The Morgan fingerprint density at radius 1 is 1.41 bits per heavy atom. The number of rotatable bonds is 2. The number of hydrogen-bond acceptors (Lipinski definition) is 6. The van der Waals surface area contributed by atoms with Gasteiger partial charge >= 0.3 is 5.69 Å². The summed E-state index contributed by atoms with van der Waals surface area (Å²) in [6, 6.07) is 1.28. The Labute approximate surface area is 94.3 Å². The fourth-order valence-electron chi connectivity index (χ4n) is 1.29. The van der Waals surface area contributed by atoms with Crippen molar-refractivity contribution in [1.82, 2.24) is 15.0 Å². The van der Waals surface area contributed by atoms with Crippen LogP contribution >= 0.6 is 0 Å². The first-order chi connectivity index (χ1) is 8.09. The lowest BCUT2D eigenvalue weighted by Gasteiger charge is -2.03. The molecule has 0 bridgehead atoms. The molecule has 2 N–H and O–H groups in total. The summed E-state index contributed by atoms with van der Waals surface area (Å²) in [4.78, 5) is 20.8. The van der Waals surface area contributed by atoms with E-state index in [0.29, 0.717) is 0 Å². The van der Waals surface area contributed by atoms with Gasteiger partial charge in [0.2, 0.25) is 5.95 Å². The highest BCUT2D eigenvalue weighted by Gasteiger charge is 2.20. The molecule has 0 aliphatic rings. The van der Waals surface area contributed by atoms with Crippen LogP contribution in [0.1, 0.15) is 0 Å². The van der Waals surface area contributed by atoms with Gasteiger partial charge < -0.3 is 5.73 Å². The van der Waals surface area contributed by atoms with Crippen molar-refractivity contribution in [2.24, 2.45) is 0 Å². The predicted molar refractivity (Wildman–Crippen MR) is 56.3 cm³/mol. The van der Waals surface area contributed by atoms with Crippen molar-refractivity contribution in [2.45, 2.75) is 0 Å². The molecule has 0 amide bonds. The number of pyridine rings is 1. The molecule has 0 aliphatic carbocycles. The molecule has 0 spiro atoms. The number of anilines is 1. The van der Waals surface area contributed by atoms with Gasteiger partial charge in [0.25, 0.3) is 0 Å². The molecule has 2 rings (SSSR count). The molecule has 0 atom stereocenters. The van der Waals surface area contributed by atoms with E-state index >= 15 is 0 Å². The predicted octanol–water partition coefficient (Wildman–Crippen LogP) is 1.17. The molecular weight excluding hydrogens is 229 g/mol. The Balaban J connectivity index is 2.70. The molecule has 86 valence electrons. The zero-order chi connectivity index (χ0) is 12.4. The van der Waals surface area contributed by atoms with Gasteiger partial charge in [-0.2, -0.15) is 0 Å². The van der Waals surface area contributed by atoms with Crippen molar-refractivity contribution in [1.29, 1.82) is 0 Å². The standard InChI is InChI=1S/C9H6FN5O2/c10-6-3-12-2-1-5(6)8-7(15(16)17)4-13-9(11)14-8/h1-4H,(H2,11,13,14). The molecule has 0 aliphatic heterocycles. The monoisotopic (exact) mass is 235 g/mol. The molecule has 8 heteroatoms. The number of halogens is 1. The normalized spacial score (nSPS) is 10.2. The number of hydrogen-bond donors (Lipinski definition) is 1. The summed E-state index contributed by atoms with van der Waals surface area (Å²) in [5, 5.41) is 10.8. The lowest BCUT2D eigenvalue weighted by molar-refractivity contribution is -0.384. The SMILES string of the molecule is Nc1ncc([N+](=O)[O-])c(-c2ccncc2F)n1. The maximum Gasteiger partial charge on any atom is 0.313 e. The van der Waals surface area contributed by atoms with Crippen LogP contribution in [0.3, 0.4) is 0 Å². The lowest BCUT2D eigenvalue weighted by atomic mass is 10.1. The van der Waals surface area contributed by atoms with Crippen LogP contribution in [0.25, 0.3) is 11.3 Å². The van der Waals surface area contributed by atoms with Crippen LogP contribution in [-0.4, -0.2) is 19.9 Å². The molecule has 17 heavy (non-hydrogen) atoms. The van der Waals surface area contributed by atoms with E-state index in [1.807, 2.05) is 0 Å². The van der Waals surface area contributed by atoms with Crippen LogP contribution in [-0.2, 0) is 0 Å². The minimum absolute atomic E-state index is 0.0409. The molecule has 2 aromatic heterocycles. The quantitative estimate of drug-likeness (QED) is 0.618. The molecule has 0 unspecified atom stereocenters. The Morgan fingerprint density at radius 3 is 2.82 bits per heavy atom. The second-order valence-corrected chi connectivity index (χ2v) is 3.07. The van der Waals surface area contributed by atoms with Crippen LogP contribution in [0.15, 0.2) is 24.7 Å². The molecule has 7 nitrogen and oxygen atoms in total. The largest absolute Gasteiger partial charge is 0.368 e. The maximum absolute atomic E-state index is 13.5. The van der Waals surface area contributed by atoms with E-state index in [1.165, 1.54) is 12.3 Å². The van der Waals surface area contributed by atoms with E-state index in [1.54, 1.807) is 0 Å². The van der Waals surface area contributed by atoms with Crippen LogP contribution in [0, 0.1) is 15.9 Å². The summed E-state index contributed by atoms with van der Waals surface area (Å²) in [5.41, 5.74) is 4.71. The van der Waals surface area contributed by atoms with Gasteiger partial charge in [-0.25, -0.2) is 14.4 Å². The minimum Gasteiger partial charge on any atom is -0.368 e. The highest BCUT2D eigenvalue weighted by Crippen LogP contribution is 2.28. The van der Waals surface area contributed by atoms with E-state index < -0.39 is 16.4 Å². The van der Waals surface area contributed by atoms with E-state index in [9.17, 15) is 14.5 Å². The molecule has 0 radical (unpaired) electrons. The van der Waals surface area contributed by atoms with Crippen molar-refractivity contribution < 1.29 is 9.31 Å². The Hall–Kier alpha value is -2.64. The smallest absolute Gasteiger partial charge is 0.313 e. The first kappa shape index (κ1) is 10.9. The number of nitro groups is 1. The second kappa shape index (κ2) is 4.08. The average molecular weight is 235 g/mol. The van der Waals surface area contributed by atoms with Gasteiger partial charge in [-0.15, -0.1) is 0 Å². The van der Waals surface area contributed by atoms with Gasteiger partial charge in [0.1, 0.15) is 6.20 Å². The molecule has 0 saturated heterocycles. The lowest BCUT2D eigenvalue weighted by Crippen LogP contribution is -2.02. The van der Waals surface area contributed by atoms with E-state index in [2.05, 4.69) is 15.0 Å². The van der Waals surface area contributed by atoms with Gasteiger partial charge in [-0.05, 0) is 6.07 Å². The zero-order valence-electron chi connectivity index (χ0n) is 8.37. The van der Waals surface area contributed by atoms with Crippen LogP contribution in [0.5, 0.6) is 0 Å². The van der Waals surface area contributed by atoms with Crippen LogP contribution in [0.4, 0.5) is 16.0 Å². The average Bonchev–Trinajstić information content (AvgIpc) is 2.29. The van der Waals surface area contributed by atoms with Crippen molar-refractivity contribution in [2.75, 3.05) is 5.73 Å². The van der Waals surface area contributed by atoms with Gasteiger partial charge in [-0.1, -0.05) is 0 Å². The van der Waals surface area contributed by atoms with Crippen LogP contribution in [0.2, 0.25) is 0 Å². The van der Waals surface area contributed by atoms with Crippen molar-refractivity contribution in [3.05, 3.63) is 40.6 Å². The number of aromatic nitrogens is 3. The summed E-state index contributed by atoms with van der Waals surface area (Å²) in [7, 11) is 0. The zero-order valence-corrected chi connectivity index (χ0v) is 8.37. The number of nitrogens with two attached hydrogens (primary N) is 1. The minimum atomic E-state index is -0.714. The van der Waals surface area contributed by atoms with E-state index in [0.717, 1.165) is 12.4 Å². The van der Waals surface area contributed by atoms with Crippen molar-refractivity contribution in [3.8, 4) is 11.3 Å². The molecule has 0 fully saturated rings. The highest BCUT2D eigenvalue weighted by atomic mass is 19.1. The second-order valence-electron chi connectivity index (χ2n) is 3.07. The summed E-state index contributed by atoms with van der Waals surface area (Å²) < 4.78 is 13.5. The third-order valence-electron chi connectivity index (χ3n) is 2.01. The maximum atomic E-state index is 13.5. The number of nitrogen functional groups attached to an aromatic ring is 1. The first-order valence-electron chi connectivity index (χ1n) is 4.46. The molecule has 0 aromatic carbocycles. The topological polar surface area (TPSA) is 108 Å². The summed E-state index contributed by atoms with van der Waals surface area (Å²) in [6.07, 6.45) is 3.19. The summed E-state index contributed by atoms with van der Waals surface area (Å²) >= 11 is 0. The molecular formula is C9H6FN5O2. The van der Waals surface area contributed by atoms with Gasteiger partial charge in [0.15, 0.2) is 11.5 Å². The molecule has 2 aromatic rings. The van der Waals surface area contributed by atoms with Gasteiger partial charge in [0.05, 0.1) is 11.1 Å². The van der Waals surface area contributed by atoms with E-state index in [4.69, 9.17) is 5.73 Å². The fourth-order valence-corrected chi connectivity index (χ4v) is 1.29. The van der Waals surface area contributed by atoms with Gasteiger partial charge in [0, 0.05) is 11.8 Å². The van der Waals surface area contributed by atoms with Crippen LogP contribution < -0.4 is 5.73 Å². The highest BCUT2D eigenvalue weighted by molar-refractivity contribution is 5.69. The Kier molecular flexibility index (Phi) is 2.61. The van der Waals surface area contributed by atoms with Crippen molar-refractivity contribution >= 4 is 11.6 Å². The van der Waals surface area contributed by atoms with Crippen molar-refractivity contribution in [3.63, 3.8) is 0 Å². The number of nitrogens with zero attached hydrogens (tertiary/aromatic N) is 4. The molecule has 2 heterocycles. The fraction of sp³-hybridized carbons (Fsp3) is 0. The summed E-state index contributed by atoms with van der Waals surface area (Å²) in [6.45, 7) is 0. The third-order valence-corrected chi connectivity index (χ3v) is 2.01. The summed E-state index contributed by atoms with van der Waals surface area (Å²) in [5.74, 6) is -0.879. The van der Waals surface area contributed by atoms with Gasteiger partial charge in [-0.3, -0.25) is 15.1 Å². The Morgan fingerprint density at radius 2 is 2.18 bits per heavy atom. The molecule has 0 saturated carbocycles. The third kappa shape index (κ3) is 2.00.